The summed E-state index contributed by atoms with van der Waals surface area (Å²) in [5.41, 5.74) is 1.04. The minimum atomic E-state index is -0.131. The summed E-state index contributed by atoms with van der Waals surface area (Å²) >= 11 is 0. The molecule has 1 atom stereocenters. The van der Waals surface area contributed by atoms with Gasteiger partial charge >= 0.3 is 0 Å². The molecule has 4 rings (SSSR count). The van der Waals surface area contributed by atoms with Crippen LogP contribution in [0.1, 0.15) is 42.6 Å². The second kappa shape index (κ2) is 5.64. The standard InChI is InChI=1S/C15H20N6O/c22-15(13-9-20-10-18-19-14(20)8-16-13)17-7-12-5-6-21(12)11-3-1-2-4-11/h8-12H,1-7H2,(H,17,22). The van der Waals surface area contributed by atoms with Crippen molar-refractivity contribution in [2.45, 2.75) is 44.2 Å². The van der Waals surface area contributed by atoms with Gasteiger partial charge in [0.05, 0.1) is 6.20 Å². The van der Waals surface area contributed by atoms with Crippen molar-refractivity contribution in [1.29, 1.82) is 0 Å². The second-order valence-electron chi connectivity index (χ2n) is 6.20. The third-order valence-corrected chi connectivity index (χ3v) is 4.90. The zero-order valence-electron chi connectivity index (χ0n) is 12.5. The van der Waals surface area contributed by atoms with Crippen LogP contribution in [0, 0.1) is 0 Å². The first-order chi connectivity index (χ1) is 10.8. The van der Waals surface area contributed by atoms with Crippen molar-refractivity contribution in [2.24, 2.45) is 0 Å². The average molecular weight is 300 g/mol. The molecule has 2 fully saturated rings. The Balaban J connectivity index is 1.35. The van der Waals surface area contributed by atoms with E-state index in [4.69, 9.17) is 0 Å². The van der Waals surface area contributed by atoms with E-state index in [2.05, 4.69) is 25.4 Å². The van der Waals surface area contributed by atoms with E-state index >= 15 is 0 Å². The Morgan fingerprint density at radius 2 is 2.18 bits per heavy atom. The Labute approximate surface area is 128 Å². The normalized spacial score (nSPS) is 22.8. The summed E-state index contributed by atoms with van der Waals surface area (Å²) in [4.78, 5) is 18.9. The van der Waals surface area contributed by atoms with Crippen molar-refractivity contribution < 1.29 is 4.79 Å². The number of hydrogen-bond acceptors (Lipinski definition) is 5. The maximum Gasteiger partial charge on any atom is 0.271 e. The van der Waals surface area contributed by atoms with Gasteiger partial charge < -0.3 is 5.32 Å². The average Bonchev–Trinajstić information content (AvgIpc) is 3.16. The molecule has 2 aromatic heterocycles. The number of hydrogen-bond donors (Lipinski definition) is 1. The van der Waals surface area contributed by atoms with Crippen LogP contribution in [-0.4, -0.2) is 55.6 Å². The molecule has 1 saturated carbocycles. The van der Waals surface area contributed by atoms with Crippen molar-refractivity contribution in [3.05, 3.63) is 24.4 Å². The van der Waals surface area contributed by atoms with E-state index in [9.17, 15) is 4.79 Å². The molecule has 2 aliphatic rings. The number of nitrogens with one attached hydrogen (secondary N) is 1. The lowest BCUT2D eigenvalue weighted by atomic mass is 9.98. The van der Waals surface area contributed by atoms with Gasteiger partial charge in [0.15, 0.2) is 5.65 Å². The third kappa shape index (κ3) is 2.45. The number of nitrogens with zero attached hydrogens (tertiary/aromatic N) is 5. The first kappa shape index (κ1) is 13.6. The summed E-state index contributed by atoms with van der Waals surface area (Å²) < 4.78 is 1.70. The van der Waals surface area contributed by atoms with E-state index < -0.39 is 0 Å². The van der Waals surface area contributed by atoms with Gasteiger partial charge in [-0.3, -0.25) is 14.1 Å². The van der Waals surface area contributed by atoms with E-state index in [1.807, 2.05) is 0 Å². The molecule has 0 aromatic carbocycles. The molecule has 1 aliphatic carbocycles. The van der Waals surface area contributed by atoms with Crippen molar-refractivity contribution in [2.75, 3.05) is 13.1 Å². The Morgan fingerprint density at radius 3 is 2.95 bits per heavy atom. The van der Waals surface area contributed by atoms with Crippen molar-refractivity contribution in [3.8, 4) is 0 Å². The first-order valence-corrected chi connectivity index (χ1v) is 8.00. The summed E-state index contributed by atoms with van der Waals surface area (Å²) in [6.45, 7) is 1.88. The Morgan fingerprint density at radius 1 is 1.32 bits per heavy atom. The van der Waals surface area contributed by atoms with E-state index in [-0.39, 0.29) is 5.91 Å². The maximum absolute atomic E-state index is 12.2. The van der Waals surface area contributed by atoms with Crippen LogP contribution in [-0.2, 0) is 0 Å². The Hall–Kier alpha value is -2.02. The molecule has 1 saturated heterocycles. The molecule has 7 heteroatoms. The molecule has 1 unspecified atom stereocenters. The van der Waals surface area contributed by atoms with Crippen LogP contribution in [0.3, 0.4) is 0 Å². The van der Waals surface area contributed by atoms with Gasteiger partial charge in [-0.15, -0.1) is 10.2 Å². The van der Waals surface area contributed by atoms with Gasteiger partial charge in [0.25, 0.3) is 5.91 Å². The lowest BCUT2D eigenvalue weighted by Gasteiger charge is -2.45. The highest BCUT2D eigenvalue weighted by Gasteiger charge is 2.35. The number of amides is 1. The van der Waals surface area contributed by atoms with E-state index in [0.29, 0.717) is 23.9 Å². The number of carbonyl (C=O) groups is 1. The topological polar surface area (TPSA) is 75.4 Å². The first-order valence-electron chi connectivity index (χ1n) is 8.00. The number of aromatic nitrogens is 4. The molecular formula is C15H20N6O. The minimum absolute atomic E-state index is 0.131. The molecule has 2 aromatic rings. The van der Waals surface area contributed by atoms with E-state index in [1.54, 1.807) is 23.1 Å². The van der Waals surface area contributed by atoms with Crippen LogP contribution >= 0.6 is 0 Å². The summed E-state index contributed by atoms with van der Waals surface area (Å²) in [5, 5.41) is 10.7. The van der Waals surface area contributed by atoms with Gasteiger partial charge in [0, 0.05) is 31.4 Å². The highest BCUT2D eigenvalue weighted by Crippen LogP contribution is 2.30. The monoisotopic (exact) mass is 300 g/mol. The fourth-order valence-electron chi connectivity index (χ4n) is 3.55. The zero-order chi connectivity index (χ0) is 14.9. The van der Waals surface area contributed by atoms with Crippen LogP contribution < -0.4 is 5.32 Å². The molecule has 1 aliphatic heterocycles. The second-order valence-corrected chi connectivity index (χ2v) is 6.20. The predicted molar refractivity (Wildman–Crippen MR) is 80.5 cm³/mol. The van der Waals surface area contributed by atoms with Crippen LogP contribution in [0.25, 0.3) is 5.65 Å². The quantitative estimate of drug-likeness (QED) is 0.907. The summed E-state index contributed by atoms with van der Waals surface area (Å²) in [7, 11) is 0. The third-order valence-electron chi connectivity index (χ3n) is 4.90. The van der Waals surface area contributed by atoms with Crippen LogP contribution in [0.15, 0.2) is 18.7 Å². The van der Waals surface area contributed by atoms with Gasteiger partial charge in [-0.1, -0.05) is 12.8 Å². The zero-order valence-corrected chi connectivity index (χ0v) is 12.5. The fourth-order valence-corrected chi connectivity index (χ4v) is 3.55. The molecule has 7 nitrogen and oxygen atoms in total. The molecule has 1 N–H and O–H groups in total. The lowest BCUT2D eigenvalue weighted by Crippen LogP contribution is -2.56. The molecule has 0 bridgehead atoms. The highest BCUT2D eigenvalue weighted by atomic mass is 16.1. The van der Waals surface area contributed by atoms with Crippen molar-refractivity contribution in [3.63, 3.8) is 0 Å². The van der Waals surface area contributed by atoms with Gasteiger partial charge in [-0.2, -0.15) is 0 Å². The smallest absolute Gasteiger partial charge is 0.271 e. The molecule has 0 radical (unpaired) electrons. The largest absolute Gasteiger partial charge is 0.349 e. The fraction of sp³-hybridized carbons (Fsp3) is 0.600. The van der Waals surface area contributed by atoms with Crippen molar-refractivity contribution in [1.82, 2.24) is 29.8 Å². The van der Waals surface area contributed by atoms with Gasteiger partial charge in [-0.25, -0.2) is 4.98 Å². The number of fused-ring (bicyclic) bond motifs is 1. The highest BCUT2D eigenvalue weighted by molar-refractivity contribution is 5.92. The Kier molecular flexibility index (Phi) is 3.49. The Bertz CT molecular complexity index is 677. The molecule has 0 spiro atoms. The van der Waals surface area contributed by atoms with Crippen molar-refractivity contribution >= 4 is 11.6 Å². The predicted octanol–water partition coefficient (Wildman–Crippen LogP) is 0.871. The van der Waals surface area contributed by atoms with Gasteiger partial charge in [-0.05, 0) is 19.3 Å². The molecular weight excluding hydrogens is 280 g/mol. The molecule has 3 heterocycles. The van der Waals surface area contributed by atoms with Crippen LogP contribution in [0.5, 0.6) is 0 Å². The molecule has 22 heavy (non-hydrogen) atoms. The number of rotatable bonds is 4. The SMILES string of the molecule is O=C(NCC1CCN1C1CCCC1)c1cn2cnnc2cn1. The minimum Gasteiger partial charge on any atom is -0.349 e. The molecule has 1 amide bonds. The van der Waals surface area contributed by atoms with Crippen LogP contribution in [0.2, 0.25) is 0 Å². The summed E-state index contributed by atoms with van der Waals surface area (Å²) in [6, 6.07) is 1.23. The van der Waals surface area contributed by atoms with E-state index in [0.717, 1.165) is 6.04 Å². The summed E-state index contributed by atoms with van der Waals surface area (Å²) in [5.74, 6) is -0.131. The number of likely N-dealkylation sites (tertiary alicyclic amines) is 1. The van der Waals surface area contributed by atoms with Gasteiger partial charge in [0.1, 0.15) is 12.0 Å². The lowest BCUT2D eigenvalue weighted by molar-refractivity contribution is 0.0424. The molecule has 116 valence electrons. The maximum atomic E-state index is 12.2. The van der Waals surface area contributed by atoms with Gasteiger partial charge in [0.2, 0.25) is 0 Å². The van der Waals surface area contributed by atoms with Crippen LogP contribution in [0.4, 0.5) is 0 Å². The number of carbonyl (C=O) groups excluding carboxylic acids is 1. The summed E-state index contributed by atoms with van der Waals surface area (Å²) in [6.07, 6.45) is 11.3. The van der Waals surface area contributed by atoms with E-state index in [1.165, 1.54) is 38.6 Å².